The van der Waals surface area contributed by atoms with Crippen LogP contribution >= 0.6 is 23.2 Å². The topological polar surface area (TPSA) is 163 Å². The van der Waals surface area contributed by atoms with E-state index in [1.54, 1.807) is 6.07 Å². The predicted octanol–water partition coefficient (Wildman–Crippen LogP) is 1.52. The Hall–Kier alpha value is -2.90. The molecule has 12 nitrogen and oxygen atoms in total. The number of aliphatic hydroxyl groups excluding tert-OH is 1. The number of nitrogen functional groups attached to an aromatic ring is 1. The van der Waals surface area contributed by atoms with Crippen molar-refractivity contribution in [2.75, 3.05) is 63.1 Å². The maximum absolute atomic E-state index is 12.3. The van der Waals surface area contributed by atoms with Crippen molar-refractivity contribution in [1.82, 2.24) is 25.1 Å². The van der Waals surface area contributed by atoms with E-state index in [-0.39, 0.29) is 36.4 Å². The molecule has 0 saturated carbocycles. The van der Waals surface area contributed by atoms with E-state index in [1.165, 1.54) is 0 Å². The third-order valence-corrected chi connectivity index (χ3v) is 8.08. The molecule has 0 radical (unpaired) electrons. The molecule has 3 heterocycles. The minimum Gasteiger partial charge on any atom is -0.483 e. The number of anilines is 2. The third-order valence-electron chi connectivity index (χ3n) is 7.59. The minimum atomic E-state index is -0.529. The Morgan fingerprint density at radius 2 is 1.93 bits per heavy atom. The first-order chi connectivity index (χ1) is 19.7. The van der Waals surface area contributed by atoms with E-state index in [2.05, 4.69) is 36.9 Å². The van der Waals surface area contributed by atoms with Crippen LogP contribution in [0.4, 0.5) is 11.6 Å². The van der Waals surface area contributed by atoms with Crippen LogP contribution < -0.4 is 26.4 Å². The van der Waals surface area contributed by atoms with E-state index in [0.29, 0.717) is 41.8 Å². The maximum atomic E-state index is 12.3. The number of carbonyl (C=O) groups is 2. The number of benzene rings is 1. The molecule has 2 aliphatic rings. The van der Waals surface area contributed by atoms with Crippen LogP contribution in [-0.2, 0) is 11.3 Å². The number of rotatable bonds is 11. The van der Waals surface area contributed by atoms with Crippen LogP contribution in [0.1, 0.15) is 42.2 Å². The smallest absolute Gasteiger partial charge is 0.273 e. The molecule has 1 aromatic carbocycles. The highest BCUT2D eigenvalue weighted by molar-refractivity contribution is 6.32. The number of carbonyl (C=O) groups excluding carboxylic acids is 2. The van der Waals surface area contributed by atoms with Crippen LogP contribution in [-0.4, -0.2) is 101 Å². The Labute approximate surface area is 249 Å². The Bertz CT molecular complexity index is 1230. The van der Waals surface area contributed by atoms with Crippen LogP contribution in [0.3, 0.4) is 0 Å². The number of amides is 2. The molecule has 2 saturated heterocycles. The number of hydrogen-bond acceptors (Lipinski definition) is 10. The number of ether oxygens (including phenoxy) is 1. The Balaban J connectivity index is 1.35. The molecule has 0 spiro atoms. The lowest BCUT2D eigenvalue weighted by atomic mass is 9.97. The van der Waals surface area contributed by atoms with Gasteiger partial charge in [-0.05, 0) is 44.5 Å². The average Bonchev–Trinajstić information content (AvgIpc) is 2.97. The molecule has 1 aromatic heterocycles. The number of hydrogen-bond donors (Lipinski definition) is 4. The highest BCUT2D eigenvalue weighted by Crippen LogP contribution is 2.31. The molecule has 41 heavy (non-hydrogen) atoms. The summed E-state index contributed by atoms with van der Waals surface area (Å²) < 4.78 is 5.61. The molecular formula is C27H38Cl2N8O4. The second-order valence-corrected chi connectivity index (χ2v) is 11.1. The number of aliphatic hydroxyl groups is 1. The van der Waals surface area contributed by atoms with Crippen molar-refractivity contribution < 1.29 is 19.4 Å². The van der Waals surface area contributed by atoms with Gasteiger partial charge in [-0.25, -0.2) is 9.97 Å². The molecule has 6 N–H and O–H groups in total. The van der Waals surface area contributed by atoms with Gasteiger partial charge in [0.15, 0.2) is 29.1 Å². The highest BCUT2D eigenvalue weighted by atomic mass is 35.5. The fourth-order valence-corrected chi connectivity index (χ4v) is 5.95. The Morgan fingerprint density at radius 3 is 2.61 bits per heavy atom. The van der Waals surface area contributed by atoms with Crippen molar-refractivity contribution in [1.29, 1.82) is 0 Å². The Kier molecular flexibility index (Phi) is 10.8. The summed E-state index contributed by atoms with van der Waals surface area (Å²) in [7, 11) is 0. The number of piperazine rings is 1. The van der Waals surface area contributed by atoms with E-state index in [9.17, 15) is 9.59 Å². The summed E-state index contributed by atoms with van der Waals surface area (Å²) in [4.78, 5) is 39.2. The van der Waals surface area contributed by atoms with Crippen molar-refractivity contribution in [3.8, 4) is 5.75 Å². The summed E-state index contributed by atoms with van der Waals surface area (Å²) in [5, 5.41) is 12.1. The van der Waals surface area contributed by atoms with Crippen LogP contribution in [0.15, 0.2) is 18.2 Å². The number of aromatic nitrogens is 2. The van der Waals surface area contributed by atoms with Gasteiger partial charge in [-0.15, -0.1) is 0 Å². The molecule has 2 aliphatic heterocycles. The van der Waals surface area contributed by atoms with Gasteiger partial charge in [-0.2, -0.15) is 0 Å². The first-order valence-electron chi connectivity index (χ1n) is 13.8. The zero-order valence-corrected chi connectivity index (χ0v) is 24.7. The quantitative estimate of drug-likeness (QED) is 0.294. The largest absolute Gasteiger partial charge is 0.483 e. The lowest BCUT2D eigenvalue weighted by molar-refractivity contribution is -0.119. The van der Waals surface area contributed by atoms with E-state index in [0.717, 1.165) is 51.0 Å². The summed E-state index contributed by atoms with van der Waals surface area (Å²) in [5.74, 6) is 0.0193. The van der Waals surface area contributed by atoms with Crippen molar-refractivity contribution in [3.05, 3.63) is 39.6 Å². The van der Waals surface area contributed by atoms with Crippen LogP contribution in [0.2, 0.25) is 10.2 Å². The number of halogens is 2. The number of primary amides is 1. The lowest BCUT2D eigenvalue weighted by Gasteiger charge is -2.47. The molecule has 4 rings (SSSR count). The zero-order valence-electron chi connectivity index (χ0n) is 23.2. The average molecular weight is 610 g/mol. The highest BCUT2D eigenvalue weighted by Gasteiger charge is 2.34. The monoisotopic (exact) mass is 608 g/mol. The lowest BCUT2D eigenvalue weighted by Crippen LogP contribution is -2.58. The molecule has 2 aromatic rings. The summed E-state index contributed by atoms with van der Waals surface area (Å²) in [6.07, 6.45) is 3.03. The Morgan fingerprint density at radius 1 is 1.17 bits per heavy atom. The molecule has 224 valence electrons. The molecule has 1 atom stereocenters. The number of nitrogens with zero attached hydrogens (tertiary/aromatic N) is 5. The van der Waals surface area contributed by atoms with E-state index in [4.69, 9.17) is 44.5 Å². The van der Waals surface area contributed by atoms with Crippen molar-refractivity contribution in [2.24, 2.45) is 5.73 Å². The summed E-state index contributed by atoms with van der Waals surface area (Å²) in [6, 6.07) is 6.25. The summed E-state index contributed by atoms with van der Waals surface area (Å²) in [6.45, 7) is 6.76. The van der Waals surface area contributed by atoms with Gasteiger partial charge in [0.2, 0.25) is 0 Å². The molecule has 0 bridgehead atoms. The molecule has 2 amide bonds. The van der Waals surface area contributed by atoms with Crippen LogP contribution in [0.25, 0.3) is 0 Å². The number of nitrogens with one attached hydrogen (secondary N) is 1. The standard InChI is InChI=1S/C27H38Cl2N8O4/c1-2-19-15-36(26-24(29)33-23(25(31)34-26)27(40)32-7-12-38)10-11-37(19)20-5-8-35(9-6-20)14-17-3-4-18(28)13-21(17)41-16-22(30)39/h3-4,13,19-20,38H,2,5-12,14-16H2,1H3,(H2,30,39)(H2,31,34)(H,32,40)/t19-/m0/s1. The van der Waals surface area contributed by atoms with E-state index >= 15 is 0 Å². The van der Waals surface area contributed by atoms with Gasteiger partial charge in [0.1, 0.15) is 5.75 Å². The second-order valence-electron chi connectivity index (χ2n) is 10.3. The van der Waals surface area contributed by atoms with Gasteiger partial charge in [-0.1, -0.05) is 36.2 Å². The molecule has 14 heteroatoms. The van der Waals surface area contributed by atoms with Gasteiger partial charge in [-0.3, -0.25) is 19.4 Å². The molecule has 0 unspecified atom stereocenters. The van der Waals surface area contributed by atoms with Gasteiger partial charge in [0, 0.05) is 55.4 Å². The SMILES string of the molecule is CC[C@H]1CN(c2nc(N)c(C(=O)NCCO)nc2Cl)CCN1C1CCN(Cc2ccc(Cl)cc2OCC(N)=O)CC1. The van der Waals surface area contributed by atoms with E-state index in [1.807, 2.05) is 12.1 Å². The molecule has 0 aliphatic carbocycles. The van der Waals surface area contributed by atoms with Gasteiger partial charge in [0.25, 0.3) is 11.8 Å². The van der Waals surface area contributed by atoms with Gasteiger partial charge in [0.05, 0.1) is 6.61 Å². The summed E-state index contributed by atoms with van der Waals surface area (Å²) >= 11 is 12.6. The second kappa shape index (κ2) is 14.3. The first kappa shape index (κ1) is 31.0. The normalized spacial score (nSPS) is 18.8. The van der Waals surface area contributed by atoms with Crippen molar-refractivity contribution in [2.45, 2.75) is 44.8 Å². The van der Waals surface area contributed by atoms with Gasteiger partial charge >= 0.3 is 0 Å². The minimum absolute atomic E-state index is 0.00608. The van der Waals surface area contributed by atoms with Crippen molar-refractivity contribution >= 4 is 46.7 Å². The van der Waals surface area contributed by atoms with Crippen LogP contribution in [0, 0.1) is 0 Å². The third kappa shape index (κ3) is 7.89. The fraction of sp³-hybridized carbons (Fsp3) is 0.556. The predicted molar refractivity (Wildman–Crippen MR) is 158 cm³/mol. The number of likely N-dealkylation sites (tertiary alicyclic amines) is 1. The number of piperidine rings is 1. The first-order valence-corrected chi connectivity index (χ1v) is 14.6. The maximum Gasteiger partial charge on any atom is 0.273 e. The molecule has 2 fully saturated rings. The molecular weight excluding hydrogens is 571 g/mol. The van der Waals surface area contributed by atoms with E-state index < -0.39 is 11.8 Å². The van der Waals surface area contributed by atoms with Crippen LogP contribution in [0.5, 0.6) is 5.75 Å². The number of nitrogens with two attached hydrogens (primary N) is 2. The van der Waals surface area contributed by atoms with Gasteiger partial charge < -0.3 is 31.5 Å². The zero-order chi connectivity index (χ0) is 29.5. The summed E-state index contributed by atoms with van der Waals surface area (Å²) in [5.41, 5.74) is 12.2. The fourth-order valence-electron chi connectivity index (χ4n) is 5.54. The van der Waals surface area contributed by atoms with Crippen molar-refractivity contribution in [3.63, 3.8) is 0 Å².